The van der Waals surface area contributed by atoms with Gasteiger partial charge in [-0.15, -0.1) is 0 Å². The Kier molecular flexibility index (Phi) is 4.74. The molecule has 0 N–H and O–H groups in total. The van der Waals surface area contributed by atoms with E-state index in [1.165, 1.54) is 6.92 Å². The molecule has 19 heavy (non-hydrogen) atoms. The molecular formula is C14H20O4S. The van der Waals surface area contributed by atoms with Crippen LogP contribution in [0.2, 0.25) is 0 Å². The van der Waals surface area contributed by atoms with Gasteiger partial charge in [-0.1, -0.05) is 44.7 Å². The average molecular weight is 284 g/mol. The summed E-state index contributed by atoms with van der Waals surface area (Å²) < 4.78 is 29.3. The molecule has 0 aromatic rings. The van der Waals surface area contributed by atoms with E-state index in [-0.39, 0.29) is 17.9 Å². The Morgan fingerprint density at radius 3 is 2.53 bits per heavy atom. The number of esters is 1. The summed E-state index contributed by atoms with van der Waals surface area (Å²) in [6.07, 6.45) is 7.12. The molecule has 1 unspecified atom stereocenters. The van der Waals surface area contributed by atoms with Gasteiger partial charge in [-0.05, 0) is 6.92 Å². The minimum absolute atomic E-state index is 0.141. The number of hydrogen-bond acceptors (Lipinski definition) is 4. The Labute approximate surface area is 114 Å². The Bertz CT molecular complexity index is 524. The molecule has 0 heterocycles. The van der Waals surface area contributed by atoms with Crippen LogP contribution in [0.5, 0.6) is 0 Å². The first-order chi connectivity index (χ1) is 8.67. The van der Waals surface area contributed by atoms with Crippen molar-refractivity contribution >= 4 is 15.8 Å². The van der Waals surface area contributed by atoms with E-state index >= 15 is 0 Å². The Morgan fingerprint density at radius 2 is 2.00 bits per heavy atom. The lowest BCUT2D eigenvalue weighted by Gasteiger charge is -2.30. The minimum Gasteiger partial charge on any atom is -0.461 e. The van der Waals surface area contributed by atoms with E-state index in [9.17, 15) is 13.2 Å². The van der Waals surface area contributed by atoms with E-state index in [4.69, 9.17) is 4.74 Å². The van der Waals surface area contributed by atoms with Crippen molar-refractivity contribution in [2.75, 3.05) is 12.4 Å². The highest BCUT2D eigenvalue weighted by Gasteiger charge is 2.36. The van der Waals surface area contributed by atoms with E-state index in [0.717, 1.165) is 0 Å². The summed E-state index contributed by atoms with van der Waals surface area (Å²) >= 11 is 0. The maximum absolute atomic E-state index is 12.3. The summed E-state index contributed by atoms with van der Waals surface area (Å²) in [7, 11) is -3.36. The quantitative estimate of drug-likeness (QED) is 0.572. The smallest absolute Gasteiger partial charge is 0.333 e. The van der Waals surface area contributed by atoms with E-state index in [1.807, 2.05) is 26.0 Å². The fraction of sp³-hybridized carbons (Fsp3) is 0.500. The lowest BCUT2D eigenvalue weighted by molar-refractivity contribution is -0.138. The lowest BCUT2D eigenvalue weighted by Crippen LogP contribution is -2.37. The van der Waals surface area contributed by atoms with Gasteiger partial charge in [0.2, 0.25) is 0 Å². The molecular weight excluding hydrogens is 264 g/mol. The molecule has 0 aromatic carbocycles. The lowest BCUT2D eigenvalue weighted by atomic mass is 9.86. The fourth-order valence-electron chi connectivity index (χ4n) is 1.89. The van der Waals surface area contributed by atoms with Crippen LogP contribution in [0, 0.1) is 5.41 Å². The number of ether oxygens (including phenoxy) is 1. The molecule has 5 heteroatoms. The molecule has 4 nitrogen and oxygen atoms in total. The molecule has 1 atom stereocenters. The zero-order valence-corrected chi connectivity index (χ0v) is 12.4. The van der Waals surface area contributed by atoms with Crippen LogP contribution in [0.3, 0.4) is 0 Å². The summed E-state index contributed by atoms with van der Waals surface area (Å²) in [6.45, 7) is 8.56. The zero-order chi connectivity index (χ0) is 14.7. The predicted molar refractivity (Wildman–Crippen MR) is 75.4 cm³/mol. The molecule has 0 aromatic heterocycles. The summed E-state index contributed by atoms with van der Waals surface area (Å²) in [5.74, 6) is -0.744. The molecule has 0 bridgehead atoms. The molecule has 0 radical (unpaired) electrons. The normalized spacial score (nSPS) is 21.1. The van der Waals surface area contributed by atoms with Gasteiger partial charge in [-0.3, -0.25) is 0 Å². The van der Waals surface area contributed by atoms with Crippen LogP contribution in [-0.2, 0) is 19.4 Å². The van der Waals surface area contributed by atoms with Crippen LogP contribution >= 0.6 is 0 Å². The van der Waals surface area contributed by atoms with E-state index in [1.54, 1.807) is 12.2 Å². The highest BCUT2D eigenvalue weighted by molar-refractivity contribution is 7.92. The third-order valence-electron chi connectivity index (χ3n) is 2.99. The molecule has 0 aliphatic heterocycles. The highest BCUT2D eigenvalue weighted by Crippen LogP contribution is 2.32. The largest absolute Gasteiger partial charge is 0.461 e. The van der Waals surface area contributed by atoms with Gasteiger partial charge in [0.15, 0.2) is 9.84 Å². The van der Waals surface area contributed by atoms with E-state index in [0.29, 0.717) is 0 Å². The topological polar surface area (TPSA) is 60.4 Å². The van der Waals surface area contributed by atoms with Gasteiger partial charge < -0.3 is 4.74 Å². The average Bonchev–Trinajstić information content (AvgIpc) is 2.27. The third kappa shape index (κ3) is 4.06. The first-order valence-electron chi connectivity index (χ1n) is 6.07. The Morgan fingerprint density at radius 1 is 1.37 bits per heavy atom. The van der Waals surface area contributed by atoms with Crippen molar-refractivity contribution in [3.8, 4) is 0 Å². The number of allylic oxidation sites excluding steroid dienone is 3. The summed E-state index contributed by atoms with van der Waals surface area (Å²) in [4.78, 5) is 11.2. The molecule has 0 saturated carbocycles. The van der Waals surface area contributed by atoms with Crippen molar-refractivity contribution in [1.29, 1.82) is 0 Å². The number of carbonyl (C=O) groups is 1. The summed E-state index contributed by atoms with van der Waals surface area (Å²) in [6, 6.07) is 0. The highest BCUT2D eigenvalue weighted by atomic mass is 32.2. The van der Waals surface area contributed by atoms with Crippen molar-refractivity contribution in [3.05, 3.63) is 36.5 Å². The van der Waals surface area contributed by atoms with Gasteiger partial charge in [0.25, 0.3) is 0 Å². The first-order valence-corrected chi connectivity index (χ1v) is 7.78. The summed E-state index contributed by atoms with van der Waals surface area (Å²) in [5, 5.41) is -0.589. The standard InChI is InChI=1S/C14H20O4S/c1-11(2)13(15)18-9-10-19(16,17)12-7-5-6-8-14(12,3)4/h5-8,12H,1,9-10H2,2-4H3. The van der Waals surface area contributed by atoms with E-state index < -0.39 is 26.5 Å². The second-order valence-electron chi connectivity index (χ2n) is 5.27. The molecule has 1 aliphatic carbocycles. The minimum atomic E-state index is -3.36. The van der Waals surface area contributed by atoms with Gasteiger partial charge in [0.05, 0.1) is 11.0 Å². The van der Waals surface area contributed by atoms with Gasteiger partial charge in [-0.25, -0.2) is 13.2 Å². The fourth-order valence-corrected chi connectivity index (χ4v) is 3.80. The van der Waals surface area contributed by atoms with Crippen molar-refractivity contribution in [2.24, 2.45) is 5.41 Å². The molecule has 0 amide bonds. The summed E-state index contributed by atoms with van der Waals surface area (Å²) in [5.41, 5.74) is -0.190. The Balaban J connectivity index is 2.67. The van der Waals surface area contributed by atoms with Gasteiger partial charge in [0, 0.05) is 11.0 Å². The second kappa shape index (κ2) is 5.74. The first kappa shape index (κ1) is 15.7. The SMILES string of the molecule is C=C(C)C(=O)OCCS(=O)(=O)C1C=CC=CC1(C)C. The monoisotopic (exact) mass is 284 g/mol. The van der Waals surface area contributed by atoms with Gasteiger partial charge in [-0.2, -0.15) is 0 Å². The molecule has 0 spiro atoms. The van der Waals surface area contributed by atoms with Crippen molar-refractivity contribution in [3.63, 3.8) is 0 Å². The van der Waals surface area contributed by atoms with Crippen LogP contribution in [0.1, 0.15) is 20.8 Å². The molecule has 1 rings (SSSR count). The maximum Gasteiger partial charge on any atom is 0.333 e. The van der Waals surface area contributed by atoms with E-state index in [2.05, 4.69) is 6.58 Å². The molecule has 106 valence electrons. The second-order valence-corrected chi connectivity index (χ2v) is 7.51. The number of sulfone groups is 1. The molecule has 0 saturated heterocycles. The number of carbonyl (C=O) groups excluding carboxylic acids is 1. The van der Waals surface area contributed by atoms with Crippen molar-refractivity contribution in [2.45, 2.75) is 26.0 Å². The van der Waals surface area contributed by atoms with Crippen LogP contribution in [0.4, 0.5) is 0 Å². The predicted octanol–water partition coefficient (Wildman–Crippen LogP) is 2.04. The molecule has 1 aliphatic rings. The van der Waals surface area contributed by atoms with Crippen LogP contribution in [-0.4, -0.2) is 32.0 Å². The zero-order valence-electron chi connectivity index (χ0n) is 11.5. The van der Waals surface area contributed by atoms with Crippen LogP contribution in [0.25, 0.3) is 0 Å². The van der Waals surface area contributed by atoms with Crippen molar-refractivity contribution < 1.29 is 17.9 Å². The Hall–Kier alpha value is -1.36. The van der Waals surface area contributed by atoms with Crippen molar-refractivity contribution in [1.82, 2.24) is 0 Å². The maximum atomic E-state index is 12.3. The number of hydrogen-bond donors (Lipinski definition) is 0. The van der Waals surface area contributed by atoms with Crippen LogP contribution < -0.4 is 0 Å². The van der Waals surface area contributed by atoms with Gasteiger partial charge in [0.1, 0.15) is 6.61 Å². The molecule has 0 fully saturated rings. The third-order valence-corrected chi connectivity index (χ3v) is 5.27. The van der Waals surface area contributed by atoms with Crippen LogP contribution in [0.15, 0.2) is 36.5 Å². The number of rotatable bonds is 5. The van der Waals surface area contributed by atoms with Gasteiger partial charge >= 0.3 is 5.97 Å².